The number of carboxylic acid groups (broad SMARTS) is 1. The van der Waals surface area contributed by atoms with Crippen molar-refractivity contribution in [2.24, 2.45) is 5.92 Å². The van der Waals surface area contributed by atoms with Gasteiger partial charge in [-0.1, -0.05) is 26.7 Å². The Morgan fingerprint density at radius 2 is 1.70 bits per heavy atom. The van der Waals surface area contributed by atoms with E-state index in [-0.39, 0.29) is 24.3 Å². The molecule has 0 spiro atoms. The van der Waals surface area contributed by atoms with Crippen LogP contribution in [0.4, 0.5) is 0 Å². The van der Waals surface area contributed by atoms with Gasteiger partial charge in [-0.2, -0.15) is 0 Å². The second-order valence-corrected chi connectivity index (χ2v) is 7.01. The van der Waals surface area contributed by atoms with Crippen molar-refractivity contribution in [3.05, 3.63) is 0 Å². The third-order valence-corrected chi connectivity index (χ3v) is 3.62. The molecule has 0 saturated heterocycles. The highest BCUT2D eigenvalue weighted by molar-refractivity contribution is 5.80. The number of hydrogen-bond donors (Lipinski definition) is 3. The van der Waals surface area contributed by atoms with Crippen LogP contribution in [0.5, 0.6) is 0 Å². The molecular formula is C17H32N2O4. The normalized spacial score (nSPS) is 14.0. The molecule has 0 heterocycles. The maximum Gasteiger partial charge on any atom is 0.306 e. The smallest absolute Gasteiger partial charge is 0.306 e. The number of carboxylic acids is 1. The Labute approximate surface area is 139 Å². The van der Waals surface area contributed by atoms with E-state index in [9.17, 15) is 14.4 Å². The molecule has 0 aromatic rings. The molecule has 23 heavy (non-hydrogen) atoms. The molecule has 2 unspecified atom stereocenters. The van der Waals surface area contributed by atoms with E-state index in [4.69, 9.17) is 5.11 Å². The van der Waals surface area contributed by atoms with Crippen molar-refractivity contribution < 1.29 is 19.5 Å². The summed E-state index contributed by atoms with van der Waals surface area (Å²) in [4.78, 5) is 34.7. The predicted octanol–water partition coefficient (Wildman–Crippen LogP) is 2.47. The van der Waals surface area contributed by atoms with Gasteiger partial charge in [-0.15, -0.1) is 0 Å². The van der Waals surface area contributed by atoms with E-state index in [2.05, 4.69) is 17.6 Å². The summed E-state index contributed by atoms with van der Waals surface area (Å²) in [5.74, 6) is -1.62. The van der Waals surface area contributed by atoms with Gasteiger partial charge in [0.1, 0.15) is 0 Å². The summed E-state index contributed by atoms with van der Waals surface area (Å²) >= 11 is 0. The molecule has 0 rings (SSSR count). The molecule has 134 valence electrons. The first-order chi connectivity index (χ1) is 10.6. The van der Waals surface area contributed by atoms with E-state index in [1.807, 2.05) is 0 Å². The minimum atomic E-state index is -0.875. The summed E-state index contributed by atoms with van der Waals surface area (Å²) in [5, 5.41) is 14.6. The molecule has 0 fully saturated rings. The minimum absolute atomic E-state index is 0.0301. The molecule has 2 amide bonds. The van der Waals surface area contributed by atoms with Crippen LogP contribution in [0.2, 0.25) is 0 Å². The number of carbonyl (C=O) groups excluding carboxylic acids is 2. The predicted molar refractivity (Wildman–Crippen MR) is 90.0 cm³/mol. The summed E-state index contributed by atoms with van der Waals surface area (Å²) in [7, 11) is 0. The summed E-state index contributed by atoms with van der Waals surface area (Å²) in [5.41, 5.74) is -0.597. The number of amides is 2. The van der Waals surface area contributed by atoms with Crippen LogP contribution >= 0.6 is 0 Å². The fourth-order valence-corrected chi connectivity index (χ4v) is 2.54. The third-order valence-electron chi connectivity index (χ3n) is 3.62. The fourth-order valence-electron chi connectivity index (χ4n) is 2.54. The first-order valence-electron chi connectivity index (χ1n) is 8.40. The molecule has 0 aliphatic rings. The molecule has 3 N–H and O–H groups in total. The standard InChI is InChI=1S/C17H32N2O4/c1-6-7-8-9-14(20)18-13(3)10-15(21)19-17(4,5)11-12(2)16(22)23/h12-13H,6-11H2,1-5H3,(H,18,20)(H,19,21)(H,22,23). The molecule has 0 bridgehead atoms. The lowest BCUT2D eigenvalue weighted by Crippen LogP contribution is -2.47. The highest BCUT2D eigenvalue weighted by Gasteiger charge is 2.26. The number of rotatable bonds is 11. The number of aliphatic carboxylic acids is 1. The summed E-state index contributed by atoms with van der Waals surface area (Å²) in [6.45, 7) is 9.11. The highest BCUT2D eigenvalue weighted by Crippen LogP contribution is 2.16. The van der Waals surface area contributed by atoms with Gasteiger partial charge < -0.3 is 15.7 Å². The second-order valence-electron chi connectivity index (χ2n) is 7.01. The molecule has 6 nitrogen and oxygen atoms in total. The Kier molecular flexibility index (Phi) is 9.53. The van der Waals surface area contributed by atoms with Gasteiger partial charge in [-0.05, 0) is 33.6 Å². The summed E-state index contributed by atoms with van der Waals surface area (Å²) < 4.78 is 0. The lowest BCUT2D eigenvalue weighted by Gasteiger charge is -2.28. The topological polar surface area (TPSA) is 95.5 Å². The summed E-state index contributed by atoms with van der Waals surface area (Å²) in [6, 6.07) is -0.239. The van der Waals surface area contributed by atoms with Gasteiger partial charge >= 0.3 is 5.97 Å². The van der Waals surface area contributed by atoms with Crippen LogP contribution in [0.15, 0.2) is 0 Å². The zero-order valence-electron chi connectivity index (χ0n) is 15.1. The average Bonchev–Trinajstić information content (AvgIpc) is 2.36. The zero-order valence-corrected chi connectivity index (χ0v) is 15.1. The van der Waals surface area contributed by atoms with Gasteiger partial charge in [0.25, 0.3) is 0 Å². The van der Waals surface area contributed by atoms with Crippen molar-refractivity contribution in [2.45, 2.75) is 84.7 Å². The molecule has 2 atom stereocenters. The molecular weight excluding hydrogens is 296 g/mol. The van der Waals surface area contributed by atoms with E-state index in [1.54, 1.807) is 27.7 Å². The Bertz CT molecular complexity index is 407. The molecule has 0 saturated carbocycles. The van der Waals surface area contributed by atoms with Crippen molar-refractivity contribution in [3.63, 3.8) is 0 Å². The van der Waals surface area contributed by atoms with Gasteiger partial charge in [0.2, 0.25) is 11.8 Å². The third kappa shape index (κ3) is 10.7. The van der Waals surface area contributed by atoms with E-state index in [1.165, 1.54) is 0 Å². The van der Waals surface area contributed by atoms with Crippen molar-refractivity contribution in [1.29, 1.82) is 0 Å². The lowest BCUT2D eigenvalue weighted by atomic mass is 9.91. The SMILES string of the molecule is CCCCCC(=O)NC(C)CC(=O)NC(C)(C)CC(C)C(=O)O. The van der Waals surface area contributed by atoms with Crippen molar-refractivity contribution in [1.82, 2.24) is 10.6 Å². The van der Waals surface area contributed by atoms with Crippen LogP contribution in [0.3, 0.4) is 0 Å². The first kappa shape index (κ1) is 21.4. The zero-order chi connectivity index (χ0) is 18.0. The number of nitrogens with one attached hydrogen (secondary N) is 2. The summed E-state index contributed by atoms with van der Waals surface area (Å²) in [6.07, 6.45) is 3.98. The van der Waals surface area contributed by atoms with Crippen molar-refractivity contribution in [2.75, 3.05) is 0 Å². The molecule has 0 aromatic carbocycles. The molecule has 6 heteroatoms. The van der Waals surface area contributed by atoms with E-state index in [0.717, 1.165) is 19.3 Å². The van der Waals surface area contributed by atoms with Gasteiger partial charge in [0, 0.05) is 24.4 Å². The number of unbranched alkanes of at least 4 members (excludes halogenated alkanes) is 2. The van der Waals surface area contributed by atoms with E-state index < -0.39 is 17.4 Å². The quantitative estimate of drug-likeness (QED) is 0.508. The number of hydrogen-bond acceptors (Lipinski definition) is 3. The Hall–Kier alpha value is -1.59. The largest absolute Gasteiger partial charge is 0.481 e. The molecule has 0 aliphatic heterocycles. The molecule has 0 aliphatic carbocycles. The van der Waals surface area contributed by atoms with Crippen molar-refractivity contribution in [3.8, 4) is 0 Å². The van der Waals surface area contributed by atoms with Crippen LogP contribution < -0.4 is 10.6 Å². The average molecular weight is 328 g/mol. The van der Waals surface area contributed by atoms with Gasteiger partial charge in [-0.3, -0.25) is 14.4 Å². The maximum absolute atomic E-state index is 12.1. The van der Waals surface area contributed by atoms with Crippen LogP contribution in [0.1, 0.15) is 73.1 Å². The maximum atomic E-state index is 12.1. The van der Waals surface area contributed by atoms with Crippen LogP contribution in [0, 0.1) is 5.92 Å². The number of carbonyl (C=O) groups is 3. The Morgan fingerprint density at radius 3 is 2.22 bits per heavy atom. The Balaban J connectivity index is 4.21. The van der Waals surface area contributed by atoms with Crippen LogP contribution in [-0.2, 0) is 14.4 Å². The van der Waals surface area contributed by atoms with Crippen molar-refractivity contribution >= 4 is 17.8 Å². The van der Waals surface area contributed by atoms with Gasteiger partial charge in [0.05, 0.1) is 5.92 Å². The van der Waals surface area contributed by atoms with E-state index in [0.29, 0.717) is 12.8 Å². The molecule has 0 radical (unpaired) electrons. The highest BCUT2D eigenvalue weighted by atomic mass is 16.4. The lowest BCUT2D eigenvalue weighted by molar-refractivity contribution is -0.142. The molecule has 0 aromatic heterocycles. The van der Waals surface area contributed by atoms with Gasteiger partial charge in [0.15, 0.2) is 0 Å². The fraction of sp³-hybridized carbons (Fsp3) is 0.824. The second kappa shape index (κ2) is 10.2. The monoisotopic (exact) mass is 328 g/mol. The van der Waals surface area contributed by atoms with Gasteiger partial charge in [-0.25, -0.2) is 0 Å². The van der Waals surface area contributed by atoms with Crippen LogP contribution in [0.25, 0.3) is 0 Å². The first-order valence-corrected chi connectivity index (χ1v) is 8.40. The minimum Gasteiger partial charge on any atom is -0.481 e. The van der Waals surface area contributed by atoms with Crippen LogP contribution in [-0.4, -0.2) is 34.5 Å². The Morgan fingerprint density at radius 1 is 1.09 bits per heavy atom. The van der Waals surface area contributed by atoms with E-state index >= 15 is 0 Å².